The van der Waals surface area contributed by atoms with Gasteiger partial charge in [-0.05, 0) is 59.8 Å². The molecule has 0 aliphatic carbocycles. The van der Waals surface area contributed by atoms with Gasteiger partial charge in [0.1, 0.15) is 11.6 Å². The first-order chi connectivity index (χ1) is 12.3. The smallest absolute Gasteiger partial charge is 0.252 e. The Morgan fingerprint density at radius 3 is 2.46 bits per heavy atom. The lowest BCUT2D eigenvalue weighted by molar-refractivity contribution is 0.0955. The van der Waals surface area contributed by atoms with E-state index in [4.69, 9.17) is 17.1 Å². The molecule has 0 radical (unpaired) electrons. The molecule has 0 saturated carbocycles. The van der Waals surface area contributed by atoms with Crippen molar-refractivity contribution in [1.29, 1.82) is 0 Å². The first kappa shape index (κ1) is 19.7. The van der Waals surface area contributed by atoms with E-state index in [0.717, 1.165) is 18.2 Å². The standard InChI is InChI=1S/C18H17ClF2N4O/c1-4-23-18(26)16-9(2)15(19)8-14(10(3)24-25-22)17(16)11-5-12(20)7-13(21)6-11/h5-8,10H,4H2,1-3H3,(H,23,26). The van der Waals surface area contributed by atoms with E-state index in [9.17, 15) is 13.6 Å². The van der Waals surface area contributed by atoms with Crippen molar-refractivity contribution in [2.75, 3.05) is 6.54 Å². The summed E-state index contributed by atoms with van der Waals surface area (Å²) in [5.74, 6) is -1.99. The lowest BCUT2D eigenvalue weighted by Gasteiger charge is -2.20. The summed E-state index contributed by atoms with van der Waals surface area (Å²) in [6.45, 7) is 5.38. The molecule has 0 saturated heterocycles. The third-order valence-corrected chi connectivity index (χ3v) is 4.34. The molecule has 26 heavy (non-hydrogen) atoms. The average Bonchev–Trinajstić information content (AvgIpc) is 2.56. The van der Waals surface area contributed by atoms with Crippen molar-refractivity contribution in [1.82, 2.24) is 5.32 Å². The second-order valence-electron chi connectivity index (χ2n) is 5.72. The molecule has 0 aliphatic rings. The average molecular weight is 379 g/mol. The summed E-state index contributed by atoms with van der Waals surface area (Å²) in [6.07, 6.45) is 0. The molecular formula is C18H17ClF2N4O. The summed E-state index contributed by atoms with van der Waals surface area (Å²) >= 11 is 6.27. The van der Waals surface area contributed by atoms with Gasteiger partial charge in [-0.15, -0.1) is 0 Å². The van der Waals surface area contributed by atoms with Crippen molar-refractivity contribution in [3.05, 3.63) is 68.1 Å². The van der Waals surface area contributed by atoms with Gasteiger partial charge in [0.05, 0.1) is 11.6 Å². The fourth-order valence-electron chi connectivity index (χ4n) is 2.78. The monoisotopic (exact) mass is 378 g/mol. The van der Waals surface area contributed by atoms with Crippen LogP contribution in [-0.2, 0) is 0 Å². The van der Waals surface area contributed by atoms with Crippen LogP contribution in [0.15, 0.2) is 29.4 Å². The number of halogens is 3. The zero-order valence-electron chi connectivity index (χ0n) is 14.5. The number of amides is 1. The summed E-state index contributed by atoms with van der Waals surface area (Å²) in [5, 5.41) is 6.62. The predicted molar refractivity (Wildman–Crippen MR) is 97.1 cm³/mol. The van der Waals surface area contributed by atoms with E-state index in [2.05, 4.69) is 15.3 Å². The van der Waals surface area contributed by atoms with Gasteiger partial charge in [-0.1, -0.05) is 23.6 Å². The van der Waals surface area contributed by atoms with Crippen LogP contribution in [0.3, 0.4) is 0 Å². The highest BCUT2D eigenvalue weighted by Gasteiger charge is 2.24. The van der Waals surface area contributed by atoms with Crippen LogP contribution in [-0.4, -0.2) is 12.5 Å². The summed E-state index contributed by atoms with van der Waals surface area (Å²) in [5.41, 5.74) is 10.3. The highest BCUT2D eigenvalue weighted by atomic mass is 35.5. The fourth-order valence-corrected chi connectivity index (χ4v) is 2.99. The van der Waals surface area contributed by atoms with Gasteiger partial charge in [0.25, 0.3) is 5.91 Å². The van der Waals surface area contributed by atoms with Gasteiger partial charge in [-0.2, -0.15) is 0 Å². The number of benzene rings is 2. The summed E-state index contributed by atoms with van der Waals surface area (Å²) in [6, 6.07) is 3.85. The Kier molecular flexibility index (Phi) is 6.18. The molecule has 1 N–H and O–H groups in total. The molecule has 0 bridgehead atoms. The molecule has 5 nitrogen and oxygen atoms in total. The van der Waals surface area contributed by atoms with E-state index in [-0.39, 0.29) is 16.7 Å². The highest BCUT2D eigenvalue weighted by molar-refractivity contribution is 6.32. The highest BCUT2D eigenvalue weighted by Crippen LogP contribution is 2.39. The van der Waals surface area contributed by atoms with Crippen LogP contribution in [0.1, 0.15) is 41.4 Å². The molecule has 2 aromatic rings. The minimum Gasteiger partial charge on any atom is -0.352 e. The Bertz CT molecular complexity index is 890. The molecule has 2 rings (SSSR count). The van der Waals surface area contributed by atoms with E-state index < -0.39 is 23.6 Å². The molecule has 1 amide bonds. The van der Waals surface area contributed by atoms with Crippen LogP contribution in [0.25, 0.3) is 21.6 Å². The van der Waals surface area contributed by atoms with Crippen molar-refractivity contribution in [3.63, 3.8) is 0 Å². The quantitative estimate of drug-likeness (QED) is 0.403. The molecule has 0 aromatic heterocycles. The molecule has 136 valence electrons. The summed E-state index contributed by atoms with van der Waals surface area (Å²) in [7, 11) is 0. The molecule has 8 heteroatoms. The van der Waals surface area contributed by atoms with Gasteiger partial charge in [-0.3, -0.25) is 4.79 Å². The van der Waals surface area contributed by atoms with Crippen LogP contribution in [0, 0.1) is 18.6 Å². The molecular weight excluding hydrogens is 362 g/mol. The molecule has 0 fully saturated rings. The van der Waals surface area contributed by atoms with Crippen molar-refractivity contribution >= 4 is 17.5 Å². The van der Waals surface area contributed by atoms with Gasteiger partial charge in [-0.25, -0.2) is 8.78 Å². The Labute approximate surface area is 154 Å². The number of nitrogens with one attached hydrogen (secondary N) is 1. The largest absolute Gasteiger partial charge is 0.352 e. The number of rotatable bonds is 5. The molecule has 0 aliphatic heterocycles. The molecule has 2 aromatic carbocycles. The number of hydrogen-bond acceptors (Lipinski definition) is 2. The molecule has 1 unspecified atom stereocenters. The van der Waals surface area contributed by atoms with E-state index >= 15 is 0 Å². The lowest BCUT2D eigenvalue weighted by Crippen LogP contribution is -2.25. The maximum atomic E-state index is 13.8. The van der Waals surface area contributed by atoms with Crippen molar-refractivity contribution < 1.29 is 13.6 Å². The zero-order valence-corrected chi connectivity index (χ0v) is 15.2. The Hall–Kier alpha value is -2.63. The van der Waals surface area contributed by atoms with E-state index in [1.54, 1.807) is 26.8 Å². The topological polar surface area (TPSA) is 77.9 Å². The normalized spacial score (nSPS) is 11.6. The number of carbonyl (C=O) groups excluding carboxylic acids is 1. The van der Waals surface area contributed by atoms with E-state index in [0.29, 0.717) is 22.7 Å². The summed E-state index contributed by atoms with van der Waals surface area (Å²) in [4.78, 5) is 15.4. The maximum absolute atomic E-state index is 13.8. The second-order valence-corrected chi connectivity index (χ2v) is 6.13. The van der Waals surface area contributed by atoms with Crippen LogP contribution in [0.2, 0.25) is 5.02 Å². The first-order valence-electron chi connectivity index (χ1n) is 7.92. The minimum absolute atomic E-state index is 0.165. The van der Waals surface area contributed by atoms with Crippen molar-refractivity contribution in [2.45, 2.75) is 26.8 Å². The minimum atomic E-state index is -0.781. The number of hydrogen-bond donors (Lipinski definition) is 1. The SMILES string of the molecule is CCNC(=O)c1c(C)c(Cl)cc(C(C)N=[N+]=[N-])c1-c1cc(F)cc(F)c1. The van der Waals surface area contributed by atoms with Crippen molar-refractivity contribution in [3.8, 4) is 11.1 Å². The maximum Gasteiger partial charge on any atom is 0.252 e. The lowest BCUT2D eigenvalue weighted by atomic mass is 9.88. The number of carbonyl (C=O) groups is 1. The van der Waals surface area contributed by atoms with Crippen LogP contribution < -0.4 is 5.32 Å². The van der Waals surface area contributed by atoms with Gasteiger partial charge in [0.15, 0.2) is 0 Å². The van der Waals surface area contributed by atoms with Gasteiger partial charge in [0, 0.05) is 22.5 Å². The molecule has 0 spiro atoms. The first-order valence-corrected chi connectivity index (χ1v) is 8.29. The Balaban J connectivity index is 2.93. The van der Waals surface area contributed by atoms with Crippen LogP contribution in [0.4, 0.5) is 8.78 Å². The van der Waals surface area contributed by atoms with Crippen LogP contribution in [0.5, 0.6) is 0 Å². The third kappa shape index (κ3) is 3.95. The van der Waals surface area contributed by atoms with Gasteiger partial charge in [0.2, 0.25) is 0 Å². The summed E-state index contributed by atoms with van der Waals surface area (Å²) < 4.78 is 27.6. The van der Waals surface area contributed by atoms with E-state index in [1.807, 2.05) is 0 Å². The molecule has 1 atom stereocenters. The Morgan fingerprint density at radius 2 is 1.92 bits per heavy atom. The third-order valence-electron chi connectivity index (χ3n) is 3.94. The Morgan fingerprint density at radius 1 is 1.31 bits per heavy atom. The molecule has 0 heterocycles. The second kappa shape index (κ2) is 8.17. The predicted octanol–water partition coefficient (Wildman–Crippen LogP) is 5.71. The van der Waals surface area contributed by atoms with Gasteiger partial charge < -0.3 is 5.32 Å². The number of nitrogens with zero attached hydrogens (tertiary/aromatic N) is 3. The van der Waals surface area contributed by atoms with Crippen LogP contribution >= 0.6 is 11.6 Å². The fraction of sp³-hybridized carbons (Fsp3) is 0.278. The van der Waals surface area contributed by atoms with Gasteiger partial charge >= 0.3 is 0 Å². The number of azide groups is 1. The van der Waals surface area contributed by atoms with Crippen molar-refractivity contribution in [2.24, 2.45) is 5.11 Å². The zero-order chi connectivity index (χ0) is 19.4. The van der Waals surface area contributed by atoms with E-state index in [1.165, 1.54) is 0 Å².